The Balaban J connectivity index is 1.68. The van der Waals surface area contributed by atoms with E-state index in [1.807, 2.05) is 26.3 Å². The summed E-state index contributed by atoms with van der Waals surface area (Å²) in [5.41, 5.74) is 3.85. The molecule has 0 N–H and O–H groups in total. The summed E-state index contributed by atoms with van der Waals surface area (Å²) in [5.74, 6) is 0. The van der Waals surface area contributed by atoms with Gasteiger partial charge in [0.25, 0.3) is 11.1 Å². The van der Waals surface area contributed by atoms with Crippen molar-refractivity contribution in [2.24, 2.45) is 0 Å². The normalized spacial score (nSPS) is 14.8. The standard InChI is InChI=1S/C23H8BrIN2O2S3/c24-11-7-31-16-5-14-21-18-10(23(29)27(14)19(11)16)2-1-9-17(18)20(32-21)13-4-15-12(26(13)22(9)28)3-8(25)6-30-15/h1-2,4-7H,3H2. The Morgan fingerprint density at radius 1 is 0.969 bits per heavy atom. The molecule has 4 nitrogen and oxygen atoms in total. The van der Waals surface area contributed by atoms with Crippen LogP contribution in [0.15, 0.2) is 57.6 Å². The second kappa shape index (κ2) is 6.06. The van der Waals surface area contributed by atoms with Crippen LogP contribution >= 0.6 is 73.0 Å². The number of aromatic nitrogens is 2. The van der Waals surface area contributed by atoms with E-state index in [2.05, 4.69) is 56.1 Å². The number of thioether (sulfide) groups is 1. The van der Waals surface area contributed by atoms with Gasteiger partial charge in [-0.3, -0.25) is 18.4 Å². The Kier molecular flexibility index (Phi) is 3.55. The molecule has 32 heavy (non-hydrogen) atoms. The number of allylic oxidation sites excluding steroid dienone is 1. The van der Waals surface area contributed by atoms with E-state index in [1.54, 1.807) is 34.4 Å². The van der Waals surface area contributed by atoms with Crippen LogP contribution in [0.4, 0.5) is 0 Å². The van der Waals surface area contributed by atoms with Crippen LogP contribution in [0.5, 0.6) is 0 Å². The number of benzene rings is 1. The van der Waals surface area contributed by atoms with Crippen LogP contribution in [0, 0.1) is 0 Å². The number of thiophene rings is 2. The quantitative estimate of drug-likeness (QED) is 0.129. The van der Waals surface area contributed by atoms with Crippen LogP contribution in [-0.2, 0) is 6.42 Å². The molecule has 0 bridgehead atoms. The smallest absolute Gasteiger partial charge is 0.263 e. The molecule has 154 valence electrons. The maximum atomic E-state index is 13.7. The summed E-state index contributed by atoms with van der Waals surface area (Å²) in [4.78, 5) is 28.4. The molecule has 0 spiro atoms. The van der Waals surface area contributed by atoms with Gasteiger partial charge in [-0.1, -0.05) is 11.8 Å². The van der Waals surface area contributed by atoms with E-state index in [0.29, 0.717) is 10.8 Å². The summed E-state index contributed by atoms with van der Waals surface area (Å²) in [6.45, 7) is 0. The van der Waals surface area contributed by atoms with Gasteiger partial charge in [-0.05, 0) is 68.2 Å². The first-order valence-corrected chi connectivity index (χ1v) is 14.2. The minimum absolute atomic E-state index is 0.00785. The predicted molar refractivity (Wildman–Crippen MR) is 148 cm³/mol. The minimum atomic E-state index is -0.0282. The van der Waals surface area contributed by atoms with Crippen molar-refractivity contribution < 1.29 is 0 Å². The number of pyridine rings is 2. The maximum Gasteiger partial charge on any atom is 0.263 e. The Morgan fingerprint density at radius 2 is 1.66 bits per heavy atom. The molecule has 0 atom stereocenters. The van der Waals surface area contributed by atoms with Gasteiger partial charge in [0.2, 0.25) is 0 Å². The molecule has 0 amide bonds. The second-order valence-electron chi connectivity index (χ2n) is 7.98. The lowest BCUT2D eigenvalue weighted by atomic mass is 10.0. The molecule has 0 saturated carbocycles. The highest BCUT2D eigenvalue weighted by Gasteiger charge is 2.26. The molecular formula is C23H8BrIN2O2S3. The molecule has 0 unspecified atom stereocenters. The second-order valence-corrected chi connectivity index (χ2v) is 13.1. The Morgan fingerprint density at radius 3 is 2.41 bits per heavy atom. The molecule has 6 aromatic heterocycles. The van der Waals surface area contributed by atoms with Gasteiger partial charge >= 0.3 is 0 Å². The number of halogens is 2. The van der Waals surface area contributed by atoms with E-state index < -0.39 is 0 Å². The Labute approximate surface area is 213 Å². The van der Waals surface area contributed by atoms with E-state index >= 15 is 0 Å². The number of hydrogen-bond acceptors (Lipinski definition) is 5. The molecule has 1 aliphatic rings. The van der Waals surface area contributed by atoms with E-state index in [4.69, 9.17) is 0 Å². The van der Waals surface area contributed by atoms with Gasteiger partial charge in [0.15, 0.2) is 0 Å². The van der Waals surface area contributed by atoms with Crippen molar-refractivity contribution in [3.63, 3.8) is 0 Å². The van der Waals surface area contributed by atoms with Gasteiger partial charge in [0.1, 0.15) is 0 Å². The Hall–Kier alpha value is -1.66. The zero-order valence-electron chi connectivity index (χ0n) is 15.9. The molecule has 0 fully saturated rings. The lowest BCUT2D eigenvalue weighted by Crippen LogP contribution is -2.16. The van der Waals surface area contributed by atoms with E-state index in [0.717, 1.165) is 62.9 Å². The van der Waals surface area contributed by atoms with Crippen LogP contribution < -0.4 is 11.1 Å². The number of hydrogen-bond donors (Lipinski definition) is 0. The van der Waals surface area contributed by atoms with Crippen LogP contribution in [0.25, 0.3) is 52.2 Å². The average molecular weight is 647 g/mol. The maximum absolute atomic E-state index is 13.7. The van der Waals surface area contributed by atoms with Gasteiger partial charge in [0, 0.05) is 47.5 Å². The summed E-state index contributed by atoms with van der Waals surface area (Å²) in [6, 6.07) is 7.94. The fourth-order valence-corrected chi connectivity index (χ4v) is 9.65. The van der Waals surface area contributed by atoms with Crippen molar-refractivity contribution in [2.75, 3.05) is 0 Å². The molecule has 0 saturated heterocycles. The third kappa shape index (κ3) is 2.06. The minimum Gasteiger partial charge on any atom is -0.278 e. The first-order chi connectivity index (χ1) is 15.5. The highest BCUT2D eigenvalue weighted by molar-refractivity contribution is 14.1. The third-order valence-electron chi connectivity index (χ3n) is 6.39. The fraction of sp³-hybridized carbons (Fsp3) is 0.0435. The Bertz CT molecular complexity index is 2110. The first-order valence-electron chi connectivity index (χ1n) is 9.77. The molecule has 8 rings (SSSR count). The van der Waals surface area contributed by atoms with Gasteiger partial charge in [-0.25, -0.2) is 0 Å². The molecule has 7 heterocycles. The molecule has 7 aromatic rings. The van der Waals surface area contributed by atoms with Crippen molar-refractivity contribution in [1.82, 2.24) is 8.80 Å². The fourth-order valence-electron chi connectivity index (χ4n) is 5.11. The molecule has 1 aromatic carbocycles. The number of nitrogens with zero attached hydrogens (tertiary/aromatic N) is 2. The largest absolute Gasteiger partial charge is 0.278 e. The molecule has 0 radical (unpaired) electrons. The summed E-state index contributed by atoms with van der Waals surface area (Å²) in [6.07, 6.45) is 0.773. The summed E-state index contributed by atoms with van der Waals surface area (Å²) < 4.78 is 9.14. The van der Waals surface area contributed by atoms with Gasteiger partial charge in [-0.15, -0.1) is 22.7 Å². The predicted octanol–water partition coefficient (Wildman–Crippen LogP) is 7.21. The van der Waals surface area contributed by atoms with Gasteiger partial charge in [-0.2, -0.15) is 0 Å². The van der Waals surface area contributed by atoms with Crippen molar-refractivity contribution in [3.8, 4) is 0 Å². The van der Waals surface area contributed by atoms with Crippen molar-refractivity contribution in [1.29, 1.82) is 0 Å². The first kappa shape index (κ1) is 18.7. The zero-order chi connectivity index (χ0) is 21.5. The van der Waals surface area contributed by atoms with Gasteiger partial charge < -0.3 is 0 Å². The van der Waals surface area contributed by atoms with Crippen molar-refractivity contribution >= 4 is 125 Å². The lowest BCUT2D eigenvalue weighted by Gasteiger charge is -2.10. The summed E-state index contributed by atoms with van der Waals surface area (Å²) >= 11 is 11.0. The van der Waals surface area contributed by atoms with Crippen molar-refractivity contribution in [3.05, 3.63) is 69.5 Å². The zero-order valence-corrected chi connectivity index (χ0v) is 22.1. The average Bonchev–Trinajstić information content (AvgIpc) is 3.52. The third-order valence-corrected chi connectivity index (χ3v) is 11.6. The monoisotopic (exact) mass is 646 g/mol. The van der Waals surface area contributed by atoms with Crippen molar-refractivity contribution in [2.45, 2.75) is 11.3 Å². The van der Waals surface area contributed by atoms with Gasteiger partial charge in [0.05, 0.1) is 35.1 Å². The topological polar surface area (TPSA) is 43.0 Å². The van der Waals surface area contributed by atoms with Crippen LogP contribution in [-0.4, -0.2) is 8.80 Å². The van der Waals surface area contributed by atoms with E-state index in [-0.39, 0.29) is 11.1 Å². The number of fused-ring (bicyclic) bond motifs is 8. The van der Waals surface area contributed by atoms with Crippen LogP contribution in [0.1, 0.15) is 5.69 Å². The molecular weight excluding hydrogens is 639 g/mol. The lowest BCUT2D eigenvalue weighted by molar-refractivity contribution is 0.986. The van der Waals surface area contributed by atoms with E-state index in [9.17, 15) is 9.59 Å². The van der Waals surface area contributed by atoms with Crippen LogP contribution in [0.3, 0.4) is 0 Å². The molecule has 1 aliphatic heterocycles. The molecule has 0 aliphatic carbocycles. The van der Waals surface area contributed by atoms with E-state index in [1.165, 1.54) is 3.58 Å². The highest BCUT2D eigenvalue weighted by Crippen LogP contribution is 2.46. The molecule has 9 heteroatoms. The summed E-state index contributed by atoms with van der Waals surface area (Å²) in [7, 11) is 0. The SMILES string of the molecule is O=c1c2ccc3c(=O)n4c(cc5scc(Br)c54)c4sc(c2c34)c2cc3c(n12)CC(I)=CS3. The number of rotatable bonds is 0. The highest BCUT2D eigenvalue weighted by atomic mass is 127. The summed E-state index contributed by atoms with van der Waals surface area (Å²) in [5, 5.41) is 7.41. The van der Waals surface area contributed by atoms with Crippen LogP contribution in [0.2, 0.25) is 0 Å².